The molecule has 1 N–H and O–H groups in total. The Morgan fingerprint density at radius 3 is 3.00 bits per heavy atom. The summed E-state index contributed by atoms with van der Waals surface area (Å²) in [5, 5.41) is 4.70. The lowest BCUT2D eigenvalue weighted by molar-refractivity contribution is 0.509. The van der Waals surface area contributed by atoms with Crippen molar-refractivity contribution < 1.29 is 0 Å². The topological polar surface area (TPSA) is 24.9 Å². The van der Waals surface area contributed by atoms with Crippen molar-refractivity contribution in [1.29, 1.82) is 0 Å². The molecule has 1 aromatic carbocycles. The second-order valence-corrected chi connectivity index (χ2v) is 6.06. The highest BCUT2D eigenvalue weighted by Gasteiger charge is 2.24. The molecule has 0 amide bonds. The van der Waals surface area contributed by atoms with Crippen LogP contribution in [-0.2, 0) is 6.42 Å². The van der Waals surface area contributed by atoms with Crippen LogP contribution in [-0.4, -0.2) is 18.1 Å². The van der Waals surface area contributed by atoms with E-state index in [1.165, 1.54) is 29.0 Å². The van der Waals surface area contributed by atoms with E-state index in [2.05, 4.69) is 36.6 Å². The van der Waals surface area contributed by atoms with Crippen LogP contribution >= 0.6 is 11.3 Å². The smallest absolute Gasteiger partial charge is 0.0941 e. The lowest BCUT2D eigenvalue weighted by Crippen LogP contribution is -2.21. The summed E-state index contributed by atoms with van der Waals surface area (Å²) < 4.78 is 1.32. The highest BCUT2D eigenvalue weighted by Crippen LogP contribution is 2.31. The summed E-state index contributed by atoms with van der Waals surface area (Å²) in [5.41, 5.74) is 1.16. The zero-order valence-electron chi connectivity index (χ0n) is 10.1. The van der Waals surface area contributed by atoms with Gasteiger partial charge in [-0.25, -0.2) is 4.98 Å². The van der Waals surface area contributed by atoms with Gasteiger partial charge in [-0.3, -0.25) is 0 Å². The fraction of sp³-hybridized carbons (Fsp3) is 0.500. The van der Waals surface area contributed by atoms with Crippen LogP contribution in [0.25, 0.3) is 10.2 Å². The van der Waals surface area contributed by atoms with Crippen LogP contribution in [0.2, 0.25) is 0 Å². The molecule has 0 spiro atoms. The summed E-state index contributed by atoms with van der Waals surface area (Å²) >= 11 is 1.86. The van der Waals surface area contributed by atoms with E-state index < -0.39 is 0 Å². The molecule has 3 rings (SSSR count). The molecule has 0 radical (unpaired) electrons. The van der Waals surface area contributed by atoms with Crippen molar-refractivity contribution in [3.63, 3.8) is 0 Å². The lowest BCUT2D eigenvalue weighted by Gasteiger charge is -2.08. The molecule has 1 saturated carbocycles. The maximum Gasteiger partial charge on any atom is 0.0941 e. The summed E-state index contributed by atoms with van der Waals surface area (Å²) in [6.07, 6.45) is 5.15. The van der Waals surface area contributed by atoms with Crippen LogP contribution in [0.4, 0.5) is 0 Å². The van der Waals surface area contributed by atoms with Crippen LogP contribution in [0.15, 0.2) is 24.3 Å². The Labute approximate surface area is 106 Å². The first-order chi connectivity index (χ1) is 8.35. The van der Waals surface area contributed by atoms with Crippen LogP contribution in [0.1, 0.15) is 24.3 Å². The summed E-state index contributed by atoms with van der Waals surface area (Å²) in [7, 11) is 2.07. The molecular formula is C14H18N2S. The van der Waals surface area contributed by atoms with E-state index in [-0.39, 0.29) is 0 Å². The molecule has 3 heteroatoms. The van der Waals surface area contributed by atoms with Crippen molar-refractivity contribution in [2.75, 3.05) is 7.05 Å². The van der Waals surface area contributed by atoms with E-state index >= 15 is 0 Å². The van der Waals surface area contributed by atoms with E-state index in [1.807, 2.05) is 11.3 Å². The molecule has 2 unspecified atom stereocenters. The van der Waals surface area contributed by atoms with Crippen molar-refractivity contribution in [3.8, 4) is 0 Å². The Morgan fingerprint density at radius 1 is 1.35 bits per heavy atom. The van der Waals surface area contributed by atoms with E-state index in [0.29, 0.717) is 0 Å². The first-order valence-electron chi connectivity index (χ1n) is 6.37. The molecule has 1 aliphatic rings. The van der Waals surface area contributed by atoms with Crippen LogP contribution in [0, 0.1) is 5.92 Å². The molecule has 1 fully saturated rings. The van der Waals surface area contributed by atoms with E-state index in [1.54, 1.807) is 0 Å². The predicted molar refractivity (Wildman–Crippen MR) is 73.5 cm³/mol. The second kappa shape index (κ2) is 4.75. The number of hydrogen-bond acceptors (Lipinski definition) is 3. The third kappa shape index (κ3) is 2.35. The largest absolute Gasteiger partial charge is 0.317 e. The van der Waals surface area contributed by atoms with Gasteiger partial charge in [-0.15, -0.1) is 11.3 Å². The Kier molecular flexibility index (Phi) is 3.12. The van der Waals surface area contributed by atoms with Crippen molar-refractivity contribution in [3.05, 3.63) is 29.3 Å². The number of benzene rings is 1. The molecule has 1 heterocycles. The number of nitrogens with one attached hydrogen (secondary N) is 1. The van der Waals surface area contributed by atoms with E-state index in [4.69, 9.17) is 4.98 Å². The van der Waals surface area contributed by atoms with Gasteiger partial charge in [-0.2, -0.15) is 0 Å². The fourth-order valence-corrected chi connectivity index (χ4v) is 3.86. The molecule has 90 valence electrons. The predicted octanol–water partition coefficient (Wildman–Crippen LogP) is 3.23. The zero-order chi connectivity index (χ0) is 11.7. The number of thiazole rings is 1. The molecule has 0 bridgehead atoms. The van der Waals surface area contributed by atoms with Crippen LogP contribution in [0.3, 0.4) is 0 Å². The van der Waals surface area contributed by atoms with Crippen LogP contribution < -0.4 is 5.32 Å². The number of rotatable bonds is 3. The third-order valence-corrected chi connectivity index (χ3v) is 4.81. The Balaban J connectivity index is 1.73. The average molecular weight is 246 g/mol. The van der Waals surface area contributed by atoms with Gasteiger partial charge < -0.3 is 5.32 Å². The second-order valence-electron chi connectivity index (χ2n) is 4.94. The first kappa shape index (κ1) is 11.2. The minimum Gasteiger partial charge on any atom is -0.317 e. The van der Waals surface area contributed by atoms with Gasteiger partial charge in [0.25, 0.3) is 0 Å². The molecular weight excluding hydrogens is 228 g/mol. The van der Waals surface area contributed by atoms with Gasteiger partial charge in [0.05, 0.1) is 15.2 Å². The molecule has 0 aliphatic heterocycles. The maximum atomic E-state index is 4.73. The number of hydrogen-bond donors (Lipinski definition) is 1. The summed E-state index contributed by atoms with van der Waals surface area (Å²) in [5.74, 6) is 0.827. The van der Waals surface area contributed by atoms with Gasteiger partial charge in [-0.1, -0.05) is 12.1 Å². The van der Waals surface area contributed by atoms with Gasteiger partial charge in [0.2, 0.25) is 0 Å². The molecule has 17 heavy (non-hydrogen) atoms. The molecule has 0 saturated heterocycles. The highest BCUT2D eigenvalue weighted by molar-refractivity contribution is 7.18. The van der Waals surface area contributed by atoms with Crippen LogP contribution in [0.5, 0.6) is 0 Å². The van der Waals surface area contributed by atoms with Crippen molar-refractivity contribution in [2.45, 2.75) is 31.7 Å². The fourth-order valence-electron chi connectivity index (χ4n) is 2.78. The average Bonchev–Trinajstić information content (AvgIpc) is 2.94. The van der Waals surface area contributed by atoms with E-state index in [0.717, 1.165) is 23.9 Å². The van der Waals surface area contributed by atoms with E-state index in [9.17, 15) is 0 Å². The van der Waals surface area contributed by atoms with Gasteiger partial charge in [0.1, 0.15) is 0 Å². The quantitative estimate of drug-likeness (QED) is 0.899. The van der Waals surface area contributed by atoms with Crippen molar-refractivity contribution in [1.82, 2.24) is 10.3 Å². The third-order valence-electron chi connectivity index (χ3n) is 3.75. The SMILES string of the molecule is CNC1CCC(Cc2nc3ccccc3s2)C1. The Hall–Kier alpha value is -0.930. The molecule has 2 nitrogen and oxygen atoms in total. The summed E-state index contributed by atoms with van der Waals surface area (Å²) in [4.78, 5) is 4.73. The Morgan fingerprint density at radius 2 is 2.24 bits per heavy atom. The van der Waals surface area contributed by atoms with Gasteiger partial charge >= 0.3 is 0 Å². The Bertz CT molecular complexity index is 473. The van der Waals surface area contributed by atoms with Gasteiger partial charge in [0, 0.05) is 12.5 Å². The maximum absolute atomic E-state index is 4.73. The summed E-state index contributed by atoms with van der Waals surface area (Å²) in [6.45, 7) is 0. The first-order valence-corrected chi connectivity index (χ1v) is 7.18. The van der Waals surface area contributed by atoms with Crippen molar-refractivity contribution >= 4 is 21.6 Å². The van der Waals surface area contributed by atoms with Gasteiger partial charge in [-0.05, 0) is 44.4 Å². The number of fused-ring (bicyclic) bond motifs is 1. The molecule has 1 aromatic heterocycles. The monoisotopic (exact) mass is 246 g/mol. The molecule has 2 atom stereocenters. The van der Waals surface area contributed by atoms with Gasteiger partial charge in [0.15, 0.2) is 0 Å². The normalized spacial score (nSPS) is 24.5. The minimum absolute atomic E-state index is 0.731. The molecule has 1 aliphatic carbocycles. The highest BCUT2D eigenvalue weighted by atomic mass is 32.1. The number of aromatic nitrogens is 1. The molecule has 2 aromatic rings. The number of nitrogens with zero attached hydrogens (tertiary/aromatic N) is 1. The van der Waals surface area contributed by atoms with Crippen molar-refractivity contribution in [2.24, 2.45) is 5.92 Å². The minimum atomic E-state index is 0.731. The number of para-hydroxylation sites is 1. The standard InChI is InChI=1S/C14H18N2S/c1-15-11-7-6-10(8-11)9-14-16-12-4-2-3-5-13(12)17-14/h2-5,10-11,15H,6-9H2,1H3. The summed E-state index contributed by atoms with van der Waals surface area (Å²) in [6, 6.07) is 9.17. The lowest BCUT2D eigenvalue weighted by atomic mass is 10.0. The zero-order valence-corrected chi connectivity index (χ0v) is 11.0.